The van der Waals surface area contributed by atoms with Crippen molar-refractivity contribution in [2.45, 2.75) is 32.2 Å². The van der Waals surface area contributed by atoms with Gasteiger partial charge in [-0.05, 0) is 31.2 Å². The highest BCUT2D eigenvalue weighted by Gasteiger charge is 2.36. The highest BCUT2D eigenvalue weighted by Crippen LogP contribution is 2.36. The van der Waals surface area contributed by atoms with Crippen LogP contribution >= 0.6 is 0 Å². The minimum absolute atomic E-state index is 0.118. The SMILES string of the molecule is CCCOc1cc(NC(C(=O)O)C2CC2)ccc1[N+](=O)[O-]. The number of carboxylic acids is 1. The molecule has 7 nitrogen and oxygen atoms in total. The molecule has 1 aliphatic rings. The molecule has 1 aromatic rings. The van der Waals surface area contributed by atoms with Gasteiger partial charge < -0.3 is 15.2 Å². The molecule has 0 saturated heterocycles. The Balaban J connectivity index is 2.19. The van der Waals surface area contributed by atoms with Gasteiger partial charge in [0.25, 0.3) is 0 Å². The number of carbonyl (C=O) groups is 1. The van der Waals surface area contributed by atoms with Crippen LogP contribution in [0.5, 0.6) is 5.75 Å². The Morgan fingerprint density at radius 2 is 2.29 bits per heavy atom. The van der Waals surface area contributed by atoms with Crippen molar-refractivity contribution in [3.63, 3.8) is 0 Å². The monoisotopic (exact) mass is 294 g/mol. The van der Waals surface area contributed by atoms with E-state index in [0.717, 1.165) is 19.3 Å². The topological polar surface area (TPSA) is 102 Å². The maximum atomic E-state index is 11.2. The molecule has 2 rings (SSSR count). The van der Waals surface area contributed by atoms with E-state index in [0.29, 0.717) is 12.3 Å². The smallest absolute Gasteiger partial charge is 0.326 e. The van der Waals surface area contributed by atoms with Crippen LogP contribution in [0.25, 0.3) is 0 Å². The number of aliphatic carboxylic acids is 1. The molecule has 0 radical (unpaired) electrons. The van der Waals surface area contributed by atoms with E-state index < -0.39 is 16.9 Å². The maximum Gasteiger partial charge on any atom is 0.326 e. The molecule has 1 atom stereocenters. The number of nitrogens with one attached hydrogen (secondary N) is 1. The van der Waals surface area contributed by atoms with Crippen molar-refractivity contribution in [1.29, 1.82) is 0 Å². The van der Waals surface area contributed by atoms with Crippen LogP contribution in [-0.4, -0.2) is 28.6 Å². The average Bonchev–Trinajstić information content (AvgIpc) is 3.26. The molecule has 1 saturated carbocycles. The summed E-state index contributed by atoms with van der Waals surface area (Å²) in [4.78, 5) is 21.7. The summed E-state index contributed by atoms with van der Waals surface area (Å²) in [6.07, 6.45) is 2.50. The van der Waals surface area contributed by atoms with Crippen LogP contribution in [0.3, 0.4) is 0 Å². The molecule has 1 aromatic carbocycles. The van der Waals surface area contributed by atoms with Crippen molar-refractivity contribution in [2.75, 3.05) is 11.9 Å². The van der Waals surface area contributed by atoms with Crippen LogP contribution in [0.15, 0.2) is 18.2 Å². The van der Waals surface area contributed by atoms with E-state index in [1.807, 2.05) is 6.92 Å². The van der Waals surface area contributed by atoms with Crippen molar-refractivity contribution < 1.29 is 19.6 Å². The molecule has 2 N–H and O–H groups in total. The molecule has 7 heteroatoms. The zero-order valence-corrected chi connectivity index (χ0v) is 11.7. The van der Waals surface area contributed by atoms with Crippen LogP contribution in [0.1, 0.15) is 26.2 Å². The Morgan fingerprint density at radius 1 is 1.57 bits per heavy atom. The van der Waals surface area contributed by atoms with Crippen molar-refractivity contribution in [3.05, 3.63) is 28.3 Å². The molecule has 1 unspecified atom stereocenters. The van der Waals surface area contributed by atoms with Gasteiger partial charge in [0.1, 0.15) is 6.04 Å². The summed E-state index contributed by atoms with van der Waals surface area (Å²) in [5.41, 5.74) is 0.401. The molecule has 0 aliphatic heterocycles. The minimum atomic E-state index is -0.910. The van der Waals surface area contributed by atoms with Gasteiger partial charge in [-0.2, -0.15) is 0 Å². The Labute approximate surface area is 122 Å². The lowest BCUT2D eigenvalue weighted by Crippen LogP contribution is -2.31. The molecular weight excluding hydrogens is 276 g/mol. The van der Waals surface area contributed by atoms with Crippen LogP contribution in [0.4, 0.5) is 11.4 Å². The van der Waals surface area contributed by atoms with Crippen molar-refractivity contribution in [3.8, 4) is 5.75 Å². The van der Waals surface area contributed by atoms with Crippen LogP contribution in [0.2, 0.25) is 0 Å². The first-order valence-electron chi connectivity index (χ1n) is 6.93. The lowest BCUT2D eigenvalue weighted by atomic mass is 10.1. The average molecular weight is 294 g/mol. The van der Waals surface area contributed by atoms with Crippen molar-refractivity contribution >= 4 is 17.3 Å². The van der Waals surface area contributed by atoms with E-state index in [2.05, 4.69) is 5.32 Å². The predicted octanol–water partition coefficient (Wildman–Crippen LogP) is 2.66. The molecule has 1 fully saturated rings. The predicted molar refractivity (Wildman–Crippen MR) is 76.7 cm³/mol. The van der Waals surface area contributed by atoms with Gasteiger partial charge in [0.15, 0.2) is 5.75 Å². The molecule has 21 heavy (non-hydrogen) atoms. The zero-order valence-electron chi connectivity index (χ0n) is 11.7. The van der Waals surface area contributed by atoms with Crippen LogP contribution in [0, 0.1) is 16.0 Å². The molecule has 0 bridgehead atoms. The Hall–Kier alpha value is -2.31. The van der Waals surface area contributed by atoms with E-state index in [9.17, 15) is 20.0 Å². The summed E-state index contributed by atoms with van der Waals surface area (Å²) in [5, 5.41) is 23.1. The highest BCUT2D eigenvalue weighted by molar-refractivity contribution is 5.78. The van der Waals surface area contributed by atoms with Crippen molar-refractivity contribution in [1.82, 2.24) is 0 Å². The van der Waals surface area contributed by atoms with Gasteiger partial charge in [0, 0.05) is 17.8 Å². The van der Waals surface area contributed by atoms with Gasteiger partial charge in [0.2, 0.25) is 0 Å². The number of nitrogens with zero attached hydrogens (tertiary/aromatic N) is 1. The third-order valence-corrected chi connectivity index (χ3v) is 3.30. The summed E-state index contributed by atoms with van der Waals surface area (Å²) < 4.78 is 5.38. The number of nitro benzene ring substituents is 1. The first-order valence-corrected chi connectivity index (χ1v) is 6.93. The van der Waals surface area contributed by atoms with Gasteiger partial charge >= 0.3 is 11.7 Å². The Morgan fingerprint density at radius 3 is 2.81 bits per heavy atom. The zero-order chi connectivity index (χ0) is 15.4. The van der Waals surface area contributed by atoms with Gasteiger partial charge in [-0.3, -0.25) is 10.1 Å². The van der Waals surface area contributed by atoms with E-state index in [1.54, 1.807) is 0 Å². The van der Waals surface area contributed by atoms with Gasteiger partial charge in [0.05, 0.1) is 11.5 Å². The molecule has 0 spiro atoms. The van der Waals surface area contributed by atoms with E-state index >= 15 is 0 Å². The molecular formula is C14H18N2O5. The number of carboxylic acid groups (broad SMARTS) is 1. The molecule has 0 amide bonds. The molecule has 0 aromatic heterocycles. The lowest BCUT2D eigenvalue weighted by molar-refractivity contribution is -0.385. The summed E-state index contributed by atoms with van der Waals surface area (Å²) in [7, 11) is 0. The Bertz CT molecular complexity index is 542. The summed E-state index contributed by atoms with van der Waals surface area (Å²) in [6.45, 7) is 2.27. The first kappa shape index (κ1) is 15.1. The highest BCUT2D eigenvalue weighted by atomic mass is 16.6. The number of hydrogen-bond donors (Lipinski definition) is 2. The standard InChI is InChI=1S/C14H18N2O5/c1-2-7-21-12-8-10(5-6-11(12)16(19)20)15-13(14(17)18)9-3-4-9/h5-6,8-9,13,15H,2-4,7H2,1H3,(H,17,18). The number of nitro groups is 1. The Kier molecular flexibility index (Phi) is 4.62. The van der Waals surface area contributed by atoms with E-state index in [4.69, 9.17) is 4.74 Å². The fraction of sp³-hybridized carbons (Fsp3) is 0.500. The maximum absolute atomic E-state index is 11.2. The summed E-state index contributed by atoms with van der Waals surface area (Å²) >= 11 is 0. The second-order valence-corrected chi connectivity index (χ2v) is 5.09. The lowest BCUT2D eigenvalue weighted by Gasteiger charge is -2.16. The van der Waals surface area contributed by atoms with E-state index in [1.165, 1.54) is 18.2 Å². The number of anilines is 1. The quantitative estimate of drug-likeness (QED) is 0.564. The fourth-order valence-electron chi connectivity index (χ4n) is 2.07. The van der Waals surface area contributed by atoms with Gasteiger partial charge in [-0.25, -0.2) is 4.79 Å². The second kappa shape index (κ2) is 6.43. The number of rotatable bonds is 8. The largest absolute Gasteiger partial charge is 0.487 e. The first-order chi connectivity index (χ1) is 10.0. The van der Waals surface area contributed by atoms with Crippen LogP contribution in [-0.2, 0) is 4.79 Å². The number of hydrogen-bond acceptors (Lipinski definition) is 5. The second-order valence-electron chi connectivity index (χ2n) is 5.09. The fourth-order valence-corrected chi connectivity index (χ4v) is 2.07. The third kappa shape index (κ3) is 3.84. The number of benzene rings is 1. The molecule has 1 aliphatic carbocycles. The van der Waals surface area contributed by atoms with Gasteiger partial charge in [-0.15, -0.1) is 0 Å². The summed E-state index contributed by atoms with van der Waals surface area (Å²) in [5.74, 6) is -0.628. The third-order valence-electron chi connectivity index (χ3n) is 3.30. The number of ether oxygens (including phenoxy) is 1. The van der Waals surface area contributed by atoms with Crippen molar-refractivity contribution in [2.24, 2.45) is 5.92 Å². The van der Waals surface area contributed by atoms with Gasteiger partial charge in [-0.1, -0.05) is 6.92 Å². The minimum Gasteiger partial charge on any atom is -0.487 e. The summed E-state index contributed by atoms with van der Waals surface area (Å²) in [6, 6.07) is 3.67. The molecule has 114 valence electrons. The molecule has 0 heterocycles. The normalized spacial score (nSPS) is 15.3. The van der Waals surface area contributed by atoms with E-state index in [-0.39, 0.29) is 17.4 Å². The van der Waals surface area contributed by atoms with Crippen LogP contribution < -0.4 is 10.1 Å².